The third kappa shape index (κ3) is 5.95. The van der Waals surface area contributed by atoms with Crippen molar-refractivity contribution in [3.05, 3.63) is 23.5 Å². The van der Waals surface area contributed by atoms with Crippen LogP contribution in [0.25, 0.3) is 0 Å². The van der Waals surface area contributed by atoms with Crippen LogP contribution in [0.1, 0.15) is 94.4 Å². The van der Waals surface area contributed by atoms with Crippen molar-refractivity contribution in [2.75, 3.05) is 6.61 Å². The molecule has 0 radical (unpaired) electrons. The van der Waals surface area contributed by atoms with Crippen LogP contribution in [0.15, 0.2) is 23.5 Å². The Labute approximate surface area is 299 Å². The van der Waals surface area contributed by atoms with Gasteiger partial charge in [0.2, 0.25) is 12.1 Å². The minimum Gasteiger partial charge on any atom is -0.460 e. The van der Waals surface area contributed by atoms with Crippen molar-refractivity contribution in [2.45, 2.75) is 142 Å². The Morgan fingerprint density at radius 2 is 1.61 bits per heavy atom. The summed E-state index contributed by atoms with van der Waals surface area (Å²) in [5, 5.41) is 64.7. The molecule has 2 saturated carbocycles. The molecule has 13 atom stereocenters. The molecule has 1 saturated heterocycles. The van der Waals surface area contributed by atoms with Crippen LogP contribution in [0.2, 0.25) is 0 Å². The Kier molecular flexibility index (Phi) is 9.97. The van der Waals surface area contributed by atoms with Gasteiger partial charge in [-0.1, -0.05) is 32.4 Å². The summed E-state index contributed by atoms with van der Waals surface area (Å²) in [6.45, 7) is 14.5. The Morgan fingerprint density at radius 3 is 2.20 bits per heavy atom. The van der Waals surface area contributed by atoms with Crippen molar-refractivity contribution in [3.63, 3.8) is 0 Å². The first-order valence-corrected chi connectivity index (χ1v) is 17.9. The number of Topliss-reactive ketones (excluding diaryl/α,β-unsaturated/α-hetero) is 3. The van der Waals surface area contributed by atoms with Crippen LogP contribution in [0.4, 0.5) is 0 Å². The molecule has 5 aliphatic rings. The van der Waals surface area contributed by atoms with Gasteiger partial charge in [-0.05, 0) is 76.7 Å². The molecule has 0 aromatic rings. The quantitative estimate of drug-likeness (QED) is 0.148. The lowest BCUT2D eigenvalue weighted by atomic mass is 9.39. The van der Waals surface area contributed by atoms with E-state index in [1.807, 2.05) is 26.8 Å². The molecule has 6 N–H and O–H groups in total. The molecule has 0 bridgehead atoms. The van der Waals surface area contributed by atoms with Gasteiger partial charge in [0.1, 0.15) is 41.4 Å². The fourth-order valence-corrected chi connectivity index (χ4v) is 10.6. The summed E-state index contributed by atoms with van der Waals surface area (Å²) in [5.74, 6) is -3.82. The van der Waals surface area contributed by atoms with E-state index in [9.17, 15) is 49.8 Å². The summed E-state index contributed by atoms with van der Waals surface area (Å²) in [7, 11) is 0. The maximum absolute atomic E-state index is 14.8. The first-order valence-electron chi connectivity index (χ1n) is 17.9. The van der Waals surface area contributed by atoms with E-state index >= 15 is 0 Å². The van der Waals surface area contributed by atoms with Gasteiger partial charge in [-0.15, -0.1) is 0 Å². The minimum atomic E-state index is -2.01. The molecule has 0 aromatic carbocycles. The van der Waals surface area contributed by atoms with Crippen LogP contribution in [0.5, 0.6) is 0 Å². The average Bonchev–Trinajstić information content (AvgIpc) is 3.22. The number of aliphatic hydroxyl groups is 6. The van der Waals surface area contributed by atoms with Gasteiger partial charge in [0, 0.05) is 37.0 Å². The smallest absolute Gasteiger partial charge is 0.303 e. The highest BCUT2D eigenvalue weighted by Crippen LogP contribution is 2.74. The zero-order valence-electron chi connectivity index (χ0n) is 31.1. The van der Waals surface area contributed by atoms with Crippen molar-refractivity contribution >= 4 is 23.3 Å². The van der Waals surface area contributed by atoms with Gasteiger partial charge in [0.25, 0.3) is 0 Å². The molecule has 51 heavy (non-hydrogen) atoms. The van der Waals surface area contributed by atoms with Crippen molar-refractivity contribution in [1.82, 2.24) is 0 Å². The number of hydrogen-bond donors (Lipinski definition) is 6. The molecule has 1 aliphatic heterocycles. The lowest BCUT2D eigenvalue weighted by Gasteiger charge is -2.63. The molecule has 13 heteroatoms. The minimum absolute atomic E-state index is 0.0600. The Morgan fingerprint density at radius 1 is 0.980 bits per heavy atom. The summed E-state index contributed by atoms with van der Waals surface area (Å²) in [6.07, 6.45) is -4.93. The monoisotopic (exact) mass is 720 g/mol. The van der Waals surface area contributed by atoms with E-state index in [0.29, 0.717) is 6.42 Å². The Hall–Kier alpha value is -2.52. The third-order valence-electron chi connectivity index (χ3n) is 13.7. The molecule has 3 fully saturated rings. The first kappa shape index (κ1) is 39.7. The van der Waals surface area contributed by atoms with Gasteiger partial charge in [-0.25, -0.2) is 0 Å². The third-order valence-corrected chi connectivity index (χ3v) is 13.7. The van der Waals surface area contributed by atoms with Crippen LogP contribution in [0, 0.1) is 39.4 Å². The fraction of sp³-hybridized carbons (Fsp3) is 0.789. The normalized spacial score (nSPS) is 43.2. The molecule has 1 heterocycles. The molecule has 4 aliphatic carbocycles. The Balaban J connectivity index is 1.50. The molecule has 5 rings (SSSR count). The highest BCUT2D eigenvalue weighted by atomic mass is 16.7. The van der Waals surface area contributed by atoms with E-state index in [4.69, 9.17) is 14.2 Å². The molecule has 0 spiro atoms. The predicted molar refractivity (Wildman–Crippen MR) is 180 cm³/mol. The number of hydrogen-bond acceptors (Lipinski definition) is 13. The van der Waals surface area contributed by atoms with E-state index in [1.54, 1.807) is 33.8 Å². The number of allylic oxidation sites excluding steroid dienone is 4. The predicted octanol–water partition coefficient (Wildman–Crippen LogP) is 1.67. The van der Waals surface area contributed by atoms with E-state index < -0.39 is 112 Å². The average molecular weight is 721 g/mol. The van der Waals surface area contributed by atoms with Crippen molar-refractivity contribution in [1.29, 1.82) is 0 Å². The van der Waals surface area contributed by atoms with Crippen LogP contribution >= 0.6 is 0 Å². The van der Waals surface area contributed by atoms with Crippen molar-refractivity contribution in [2.24, 2.45) is 39.4 Å². The molecule has 286 valence electrons. The van der Waals surface area contributed by atoms with Crippen LogP contribution < -0.4 is 0 Å². The largest absolute Gasteiger partial charge is 0.460 e. The van der Waals surface area contributed by atoms with Gasteiger partial charge in [0.05, 0.1) is 18.1 Å². The van der Waals surface area contributed by atoms with Crippen LogP contribution in [0.3, 0.4) is 0 Å². The number of ketones is 3. The molecule has 0 unspecified atom stereocenters. The molecule has 0 aromatic heterocycles. The summed E-state index contributed by atoms with van der Waals surface area (Å²) < 4.78 is 16.8. The second-order valence-electron chi connectivity index (χ2n) is 17.6. The topological polar surface area (TPSA) is 217 Å². The maximum atomic E-state index is 14.8. The van der Waals surface area contributed by atoms with Gasteiger partial charge in [0.15, 0.2) is 11.5 Å². The second kappa shape index (κ2) is 12.8. The summed E-state index contributed by atoms with van der Waals surface area (Å²) in [5.41, 5.74) is -6.27. The number of rotatable bonds is 9. The number of ether oxygens (including phenoxy) is 3. The van der Waals surface area contributed by atoms with Crippen molar-refractivity contribution in [3.8, 4) is 0 Å². The van der Waals surface area contributed by atoms with Gasteiger partial charge in [-0.3, -0.25) is 19.2 Å². The fourth-order valence-electron chi connectivity index (χ4n) is 10.6. The number of esters is 1. The van der Waals surface area contributed by atoms with E-state index in [-0.39, 0.29) is 37.2 Å². The maximum Gasteiger partial charge on any atom is 0.303 e. The van der Waals surface area contributed by atoms with Crippen LogP contribution in [-0.4, -0.2) is 109 Å². The van der Waals surface area contributed by atoms with Gasteiger partial charge >= 0.3 is 5.97 Å². The molecular weight excluding hydrogens is 664 g/mol. The second-order valence-corrected chi connectivity index (χ2v) is 17.6. The lowest BCUT2D eigenvalue weighted by Crippen LogP contribution is -2.64. The summed E-state index contributed by atoms with van der Waals surface area (Å²) in [4.78, 5) is 54.0. The standard InChI is InChI=1S/C38H56O13/c1-18(40)51-33(2,3)13-12-25(42)38(9,48)30-21(41)15-35(6)24-11-10-19-20(37(24,8)26(43)16-36(30,35)7)14-22(31(47)34(19,4)5)49-32-29(46)28(45)27(44)23(17-39)50-32/h10,14,20-21,23-24,27-30,32,39,41,44-46,48H,11-13,15-17H2,1-9H3/t20-,21-,23-,24+,27-,28+,29-,30+,32-,35+,36-,37+,38+/m1/s1. The summed E-state index contributed by atoms with van der Waals surface area (Å²) in [6, 6.07) is 0. The zero-order valence-corrected chi connectivity index (χ0v) is 31.1. The van der Waals surface area contributed by atoms with E-state index in [0.717, 1.165) is 5.57 Å². The number of fused-ring (bicyclic) bond motifs is 5. The zero-order chi connectivity index (χ0) is 38.4. The van der Waals surface area contributed by atoms with Gasteiger partial charge < -0.3 is 44.8 Å². The molecule has 13 nitrogen and oxygen atoms in total. The van der Waals surface area contributed by atoms with E-state index in [1.165, 1.54) is 13.8 Å². The van der Waals surface area contributed by atoms with Gasteiger partial charge in [-0.2, -0.15) is 0 Å². The van der Waals surface area contributed by atoms with E-state index in [2.05, 4.69) is 0 Å². The molecule has 0 amide bonds. The lowest BCUT2D eigenvalue weighted by molar-refractivity contribution is -0.291. The number of aliphatic hydroxyl groups excluding tert-OH is 5. The first-order chi connectivity index (χ1) is 23.3. The van der Waals surface area contributed by atoms with Crippen LogP contribution in [-0.2, 0) is 33.4 Å². The highest BCUT2D eigenvalue weighted by molar-refractivity contribution is 6.02. The number of carbonyl (C=O) groups is 4. The summed E-state index contributed by atoms with van der Waals surface area (Å²) >= 11 is 0. The Bertz CT molecular complexity index is 1520. The SMILES string of the molecule is CC(=O)OC(C)(C)CCC(=O)[C@](C)(O)[C@H]1[C@H](O)C[C@@]2(C)[C@@H]3CC=C4[C@@H](C=C(O[C@@H]5O[C@H](CO)[C@@H](O)[C@H](O)[C@H]5O)C(=O)C4(C)C)[C@]3(C)C(=O)C[C@]12C. The van der Waals surface area contributed by atoms with Crippen molar-refractivity contribution < 1.29 is 64.0 Å². The number of carbonyl (C=O) groups excluding carboxylic acids is 4. The highest BCUT2D eigenvalue weighted by Gasteiger charge is 2.74. The molecular formula is C38H56O13.